The average molecular weight is 274 g/mol. The largest absolute Gasteiger partial charge is 2.00 e. The van der Waals surface area contributed by atoms with Gasteiger partial charge in [0.05, 0.1) is 0 Å². The molecule has 0 rings (SSSR count). The fourth-order valence-electron chi connectivity index (χ4n) is 0. The van der Waals surface area contributed by atoms with Gasteiger partial charge in [-0.15, -0.1) is 0 Å². The quantitative estimate of drug-likeness (QED) is 0.329. The van der Waals surface area contributed by atoms with Crippen LogP contribution < -0.4 is 29.1 Å². The minimum atomic E-state index is -1.08. The number of hydrogen-bond donors (Lipinski definition) is 0. The number of carbonyl (C=O) groups excluding carboxylic acids is 1. The first-order valence-corrected chi connectivity index (χ1v) is 0.908. The SMILES string of the molecule is CC(=O)[O-].[I-].[Sr+2]. The van der Waals surface area contributed by atoms with Crippen molar-refractivity contribution in [2.24, 2.45) is 0 Å². The van der Waals surface area contributed by atoms with Gasteiger partial charge in [-0.2, -0.15) is 0 Å². The molecule has 0 saturated carbocycles. The summed E-state index contributed by atoms with van der Waals surface area (Å²) in [5.74, 6) is -1.08. The van der Waals surface area contributed by atoms with Gasteiger partial charge in [-0.1, -0.05) is 0 Å². The minimum absolute atomic E-state index is 0. The molecule has 0 aromatic heterocycles. The van der Waals surface area contributed by atoms with Gasteiger partial charge in [0.2, 0.25) is 0 Å². The van der Waals surface area contributed by atoms with E-state index in [1.54, 1.807) is 0 Å². The molecule has 6 heavy (non-hydrogen) atoms. The second-order valence-electron chi connectivity index (χ2n) is 0.492. The summed E-state index contributed by atoms with van der Waals surface area (Å²) in [5, 5.41) is 8.89. The van der Waals surface area contributed by atoms with Crippen LogP contribution in [0.4, 0.5) is 0 Å². The molecule has 0 fully saturated rings. The molecule has 0 aliphatic rings. The second-order valence-corrected chi connectivity index (χ2v) is 0.492. The van der Waals surface area contributed by atoms with E-state index in [0.717, 1.165) is 6.92 Å². The number of carbonyl (C=O) groups is 1. The monoisotopic (exact) mass is 274 g/mol. The third kappa shape index (κ3) is 44.1. The third-order valence-corrected chi connectivity index (χ3v) is 0. The van der Waals surface area contributed by atoms with E-state index in [1.165, 1.54) is 0 Å². The number of rotatable bonds is 0. The zero-order valence-corrected chi connectivity index (χ0v) is 9.04. The predicted molar refractivity (Wildman–Crippen MR) is 16.4 cm³/mol. The van der Waals surface area contributed by atoms with E-state index in [1.807, 2.05) is 0 Å². The van der Waals surface area contributed by atoms with E-state index in [-0.39, 0.29) is 69.5 Å². The van der Waals surface area contributed by atoms with E-state index in [0.29, 0.717) is 0 Å². The molecule has 0 aliphatic heterocycles. The molecular formula is C2H3IO2Sr. The van der Waals surface area contributed by atoms with Crippen LogP contribution in [0.1, 0.15) is 6.92 Å². The molecule has 0 radical (unpaired) electrons. The molecule has 0 spiro atoms. The van der Waals surface area contributed by atoms with Crippen LogP contribution in [0.15, 0.2) is 0 Å². The molecule has 0 amide bonds. The van der Waals surface area contributed by atoms with E-state index < -0.39 is 5.97 Å². The number of carboxylic acid groups (broad SMARTS) is 1. The topological polar surface area (TPSA) is 40.1 Å². The summed E-state index contributed by atoms with van der Waals surface area (Å²) in [6.07, 6.45) is 0. The van der Waals surface area contributed by atoms with Gasteiger partial charge in [-0.05, 0) is 6.92 Å². The normalized spacial score (nSPS) is 4.17. The van der Waals surface area contributed by atoms with Crippen LogP contribution in [0.5, 0.6) is 0 Å². The molecule has 0 heterocycles. The number of hydrogen-bond acceptors (Lipinski definition) is 2. The number of halogens is 1. The maximum atomic E-state index is 8.89. The fraction of sp³-hybridized carbons (Fsp3) is 0.500. The maximum absolute atomic E-state index is 8.89. The number of aliphatic carboxylic acids is 1. The zero-order chi connectivity index (χ0) is 3.58. The van der Waals surface area contributed by atoms with Crippen molar-refractivity contribution >= 4 is 51.5 Å². The summed E-state index contributed by atoms with van der Waals surface area (Å²) in [4.78, 5) is 8.89. The summed E-state index contributed by atoms with van der Waals surface area (Å²) in [5.41, 5.74) is 0. The van der Waals surface area contributed by atoms with Crippen LogP contribution in [-0.4, -0.2) is 51.5 Å². The van der Waals surface area contributed by atoms with Crippen LogP contribution in [0.3, 0.4) is 0 Å². The van der Waals surface area contributed by atoms with Crippen LogP contribution in [0.2, 0.25) is 0 Å². The molecule has 32 valence electrons. The van der Waals surface area contributed by atoms with Crippen molar-refractivity contribution in [1.82, 2.24) is 0 Å². The van der Waals surface area contributed by atoms with Gasteiger partial charge in [0.25, 0.3) is 0 Å². The Balaban J connectivity index is -0.0000000450. The molecule has 0 atom stereocenters. The zero-order valence-electron chi connectivity index (χ0n) is 3.40. The molecular weight excluding hydrogens is 271 g/mol. The smallest absolute Gasteiger partial charge is 1.00 e. The van der Waals surface area contributed by atoms with Crippen LogP contribution >= 0.6 is 0 Å². The van der Waals surface area contributed by atoms with E-state index in [4.69, 9.17) is 9.90 Å². The first kappa shape index (κ1) is 15.6. The Bertz CT molecular complexity index is 34.5. The van der Waals surface area contributed by atoms with Gasteiger partial charge in [0, 0.05) is 5.97 Å². The fourth-order valence-corrected chi connectivity index (χ4v) is 0. The Hall–Kier alpha value is 1.68. The molecule has 0 aliphatic carbocycles. The number of carboxylic acids is 1. The second kappa shape index (κ2) is 9.84. The Morgan fingerprint density at radius 2 is 1.67 bits per heavy atom. The average Bonchev–Trinajstić information content (AvgIpc) is 0.811. The van der Waals surface area contributed by atoms with E-state index in [2.05, 4.69) is 0 Å². The first-order valence-electron chi connectivity index (χ1n) is 0.908. The molecule has 0 saturated heterocycles. The Labute approximate surface area is 90.6 Å². The molecule has 0 aromatic rings. The van der Waals surface area contributed by atoms with Gasteiger partial charge >= 0.3 is 45.5 Å². The summed E-state index contributed by atoms with van der Waals surface area (Å²) < 4.78 is 0. The van der Waals surface area contributed by atoms with Gasteiger partial charge in [-0.3, -0.25) is 0 Å². The van der Waals surface area contributed by atoms with Gasteiger partial charge in [0.15, 0.2) is 0 Å². The van der Waals surface area contributed by atoms with Gasteiger partial charge in [-0.25, -0.2) is 0 Å². The van der Waals surface area contributed by atoms with Crippen molar-refractivity contribution in [3.05, 3.63) is 0 Å². The van der Waals surface area contributed by atoms with Crippen molar-refractivity contribution in [3.63, 3.8) is 0 Å². The Morgan fingerprint density at radius 1 is 1.67 bits per heavy atom. The van der Waals surface area contributed by atoms with Gasteiger partial charge < -0.3 is 33.9 Å². The summed E-state index contributed by atoms with van der Waals surface area (Å²) >= 11 is 0. The van der Waals surface area contributed by atoms with Crippen molar-refractivity contribution in [2.75, 3.05) is 0 Å². The van der Waals surface area contributed by atoms with Crippen LogP contribution in [-0.2, 0) is 4.79 Å². The minimum Gasteiger partial charge on any atom is -1.00 e. The summed E-state index contributed by atoms with van der Waals surface area (Å²) in [7, 11) is 0. The van der Waals surface area contributed by atoms with Gasteiger partial charge in [0.1, 0.15) is 0 Å². The van der Waals surface area contributed by atoms with Crippen LogP contribution in [0.25, 0.3) is 0 Å². The van der Waals surface area contributed by atoms with Crippen molar-refractivity contribution < 1.29 is 33.9 Å². The van der Waals surface area contributed by atoms with Crippen molar-refractivity contribution in [3.8, 4) is 0 Å². The predicted octanol–water partition coefficient (Wildman–Crippen LogP) is -4.62. The molecule has 4 heteroatoms. The molecule has 0 bridgehead atoms. The van der Waals surface area contributed by atoms with E-state index >= 15 is 0 Å². The standard InChI is InChI=1S/C2H4O2.HI.Sr/c1-2(3)4;;/h1H3,(H,3,4);1H;/q;;+2/p-2. The maximum Gasteiger partial charge on any atom is 2.00 e. The Morgan fingerprint density at radius 3 is 1.67 bits per heavy atom. The molecule has 2 nitrogen and oxygen atoms in total. The summed E-state index contributed by atoms with van der Waals surface area (Å²) in [6, 6.07) is 0. The van der Waals surface area contributed by atoms with Crippen molar-refractivity contribution in [1.29, 1.82) is 0 Å². The van der Waals surface area contributed by atoms with Crippen LogP contribution in [0, 0.1) is 0 Å². The Kier molecular flexibility index (Phi) is 25.7. The molecule has 0 aromatic carbocycles. The summed E-state index contributed by atoms with van der Waals surface area (Å²) in [6.45, 7) is 0.972. The molecule has 0 unspecified atom stereocenters. The van der Waals surface area contributed by atoms with Crippen molar-refractivity contribution in [2.45, 2.75) is 6.92 Å². The van der Waals surface area contributed by atoms with E-state index in [9.17, 15) is 0 Å². The third-order valence-electron chi connectivity index (χ3n) is 0. The first-order chi connectivity index (χ1) is 1.73. The molecule has 0 N–H and O–H groups in total.